The topological polar surface area (TPSA) is 49.0 Å². The van der Waals surface area contributed by atoms with Crippen molar-refractivity contribution in [2.24, 2.45) is 0 Å². The van der Waals surface area contributed by atoms with Gasteiger partial charge in [0.2, 0.25) is 0 Å². The summed E-state index contributed by atoms with van der Waals surface area (Å²) in [7, 11) is 0. The third-order valence-corrected chi connectivity index (χ3v) is 5.73. The molecule has 4 rings (SSSR count). The molecule has 0 radical (unpaired) electrons. The molecule has 1 aromatic heterocycles. The Morgan fingerprint density at radius 2 is 2.00 bits per heavy atom. The molecule has 1 fully saturated rings. The summed E-state index contributed by atoms with van der Waals surface area (Å²) in [5, 5.41) is 13.8. The average Bonchev–Trinajstić information content (AvgIpc) is 3.28. The van der Waals surface area contributed by atoms with Gasteiger partial charge in [-0.2, -0.15) is 5.26 Å². The van der Waals surface area contributed by atoms with Crippen LogP contribution in [0.4, 0.5) is 0 Å². The van der Waals surface area contributed by atoms with Gasteiger partial charge in [0.15, 0.2) is 0 Å². The average molecular weight is 344 g/mol. The summed E-state index contributed by atoms with van der Waals surface area (Å²) in [6.45, 7) is 5.59. The van der Waals surface area contributed by atoms with Crippen LogP contribution in [0.1, 0.15) is 43.1 Å². The summed E-state index contributed by atoms with van der Waals surface area (Å²) in [5.41, 5.74) is 5.45. The third-order valence-electron chi connectivity index (χ3n) is 5.73. The van der Waals surface area contributed by atoms with Gasteiger partial charge in [-0.05, 0) is 80.6 Å². The Kier molecular flexibility index (Phi) is 4.30. The van der Waals surface area contributed by atoms with Crippen molar-refractivity contribution in [3.63, 3.8) is 0 Å². The highest BCUT2D eigenvalue weighted by Crippen LogP contribution is 2.33. The fraction of sp³-hybridized carbons (Fsp3) is 0.348. The molecule has 1 N–H and O–H groups in total. The lowest BCUT2D eigenvalue weighted by atomic mass is 9.93. The lowest BCUT2D eigenvalue weighted by molar-refractivity contribution is 0.370. The minimum Gasteiger partial charge on any atom is -0.461 e. The molecule has 3 aromatic rings. The number of furan rings is 1. The van der Waals surface area contributed by atoms with E-state index in [1.807, 2.05) is 24.3 Å². The molecule has 0 aliphatic carbocycles. The van der Waals surface area contributed by atoms with E-state index in [-0.39, 0.29) is 5.54 Å². The van der Waals surface area contributed by atoms with Crippen molar-refractivity contribution < 1.29 is 4.42 Å². The number of fused-ring (bicyclic) bond motifs is 1. The highest BCUT2D eigenvalue weighted by molar-refractivity contribution is 5.88. The SMILES string of the molecule is Cc1c(-c2ccc(C#N)cc2)ccc2oc(CC[C@@]3(C)CCCN3)cc12. The highest BCUT2D eigenvalue weighted by Gasteiger charge is 2.27. The number of hydrogen-bond donors (Lipinski definition) is 1. The maximum atomic E-state index is 8.98. The summed E-state index contributed by atoms with van der Waals surface area (Å²) < 4.78 is 6.11. The summed E-state index contributed by atoms with van der Waals surface area (Å²) in [6, 6.07) is 16.3. The van der Waals surface area contributed by atoms with E-state index < -0.39 is 0 Å². The normalized spacial score (nSPS) is 19.7. The van der Waals surface area contributed by atoms with Crippen LogP contribution in [0, 0.1) is 18.3 Å². The van der Waals surface area contributed by atoms with Gasteiger partial charge < -0.3 is 9.73 Å². The van der Waals surface area contributed by atoms with Crippen LogP contribution in [0.5, 0.6) is 0 Å². The molecule has 1 atom stereocenters. The second-order valence-electron chi connectivity index (χ2n) is 7.64. The van der Waals surface area contributed by atoms with Gasteiger partial charge in [-0.1, -0.05) is 18.2 Å². The van der Waals surface area contributed by atoms with Crippen LogP contribution in [0.3, 0.4) is 0 Å². The van der Waals surface area contributed by atoms with Gasteiger partial charge in [0.05, 0.1) is 11.6 Å². The van der Waals surface area contributed by atoms with Crippen molar-refractivity contribution >= 4 is 11.0 Å². The van der Waals surface area contributed by atoms with Crippen LogP contribution < -0.4 is 5.32 Å². The Hall–Kier alpha value is -2.57. The second kappa shape index (κ2) is 6.63. The van der Waals surface area contributed by atoms with Crippen molar-refractivity contribution in [3.05, 3.63) is 59.4 Å². The molecular weight excluding hydrogens is 320 g/mol. The molecule has 1 aliphatic rings. The molecule has 0 saturated carbocycles. The molecular formula is C23H24N2O. The number of aryl methyl sites for hydroxylation is 2. The lowest BCUT2D eigenvalue weighted by Gasteiger charge is -2.23. The van der Waals surface area contributed by atoms with Crippen LogP contribution >= 0.6 is 0 Å². The van der Waals surface area contributed by atoms with Crippen LogP contribution in [-0.4, -0.2) is 12.1 Å². The van der Waals surface area contributed by atoms with E-state index in [0.717, 1.165) is 36.3 Å². The largest absolute Gasteiger partial charge is 0.461 e. The highest BCUT2D eigenvalue weighted by atomic mass is 16.3. The molecule has 3 heteroatoms. The smallest absolute Gasteiger partial charge is 0.134 e. The van der Waals surface area contributed by atoms with Gasteiger partial charge in [0.1, 0.15) is 11.3 Å². The molecule has 1 saturated heterocycles. The zero-order chi connectivity index (χ0) is 18.1. The van der Waals surface area contributed by atoms with Crippen molar-refractivity contribution in [1.82, 2.24) is 5.32 Å². The molecule has 0 amide bonds. The van der Waals surface area contributed by atoms with Crippen LogP contribution in [0.15, 0.2) is 46.9 Å². The predicted molar refractivity (Wildman–Crippen MR) is 105 cm³/mol. The maximum Gasteiger partial charge on any atom is 0.134 e. The number of nitrogens with zero attached hydrogens (tertiary/aromatic N) is 1. The number of rotatable bonds is 4. The van der Waals surface area contributed by atoms with Gasteiger partial charge in [0.25, 0.3) is 0 Å². The van der Waals surface area contributed by atoms with Gasteiger partial charge in [-0.15, -0.1) is 0 Å². The van der Waals surface area contributed by atoms with E-state index in [9.17, 15) is 0 Å². The van der Waals surface area contributed by atoms with E-state index in [0.29, 0.717) is 5.56 Å². The zero-order valence-electron chi connectivity index (χ0n) is 15.4. The quantitative estimate of drug-likeness (QED) is 0.693. The summed E-state index contributed by atoms with van der Waals surface area (Å²) in [6.07, 6.45) is 4.58. The van der Waals surface area contributed by atoms with Crippen molar-refractivity contribution in [2.45, 2.75) is 45.1 Å². The van der Waals surface area contributed by atoms with E-state index in [4.69, 9.17) is 9.68 Å². The van der Waals surface area contributed by atoms with E-state index >= 15 is 0 Å². The fourth-order valence-corrected chi connectivity index (χ4v) is 4.03. The first-order valence-electron chi connectivity index (χ1n) is 9.36. The van der Waals surface area contributed by atoms with Crippen molar-refractivity contribution in [3.8, 4) is 17.2 Å². The Morgan fingerprint density at radius 3 is 2.69 bits per heavy atom. The Bertz CT molecular complexity index is 970. The number of benzene rings is 2. The molecule has 3 nitrogen and oxygen atoms in total. The van der Waals surface area contributed by atoms with Gasteiger partial charge >= 0.3 is 0 Å². The molecule has 132 valence electrons. The predicted octanol–water partition coefficient (Wildman–Crippen LogP) is 5.35. The van der Waals surface area contributed by atoms with Gasteiger partial charge in [-0.3, -0.25) is 0 Å². The summed E-state index contributed by atoms with van der Waals surface area (Å²) >= 11 is 0. The third kappa shape index (κ3) is 3.13. The van der Waals surface area contributed by atoms with Crippen LogP contribution in [0.2, 0.25) is 0 Å². The Labute approximate surface area is 154 Å². The van der Waals surface area contributed by atoms with Crippen molar-refractivity contribution in [2.75, 3.05) is 6.54 Å². The van der Waals surface area contributed by atoms with Crippen LogP contribution in [-0.2, 0) is 6.42 Å². The Balaban J connectivity index is 1.61. The molecule has 0 spiro atoms. The number of nitriles is 1. The second-order valence-corrected chi connectivity index (χ2v) is 7.64. The van der Waals surface area contributed by atoms with E-state index in [1.165, 1.54) is 29.4 Å². The minimum atomic E-state index is 0.252. The molecule has 0 bridgehead atoms. The molecule has 26 heavy (non-hydrogen) atoms. The fourth-order valence-electron chi connectivity index (χ4n) is 4.03. The standard InChI is InChI=1S/C23H24N2O/c1-16-20(18-6-4-17(15-24)5-7-18)8-9-22-21(16)14-19(26-22)10-12-23(2)11-3-13-25-23/h4-9,14,25H,3,10-13H2,1-2H3/t23-/m1/s1. The zero-order valence-corrected chi connectivity index (χ0v) is 15.4. The van der Waals surface area contributed by atoms with Gasteiger partial charge in [-0.25, -0.2) is 0 Å². The first-order chi connectivity index (χ1) is 12.6. The van der Waals surface area contributed by atoms with E-state index in [2.05, 4.69) is 43.4 Å². The lowest BCUT2D eigenvalue weighted by Crippen LogP contribution is -2.36. The Morgan fingerprint density at radius 1 is 1.19 bits per heavy atom. The monoisotopic (exact) mass is 344 g/mol. The van der Waals surface area contributed by atoms with Crippen molar-refractivity contribution in [1.29, 1.82) is 5.26 Å². The maximum absolute atomic E-state index is 8.98. The number of hydrogen-bond acceptors (Lipinski definition) is 3. The summed E-state index contributed by atoms with van der Waals surface area (Å²) in [5.74, 6) is 1.06. The first kappa shape index (κ1) is 16.9. The van der Waals surface area contributed by atoms with Gasteiger partial charge in [0, 0.05) is 17.3 Å². The minimum absolute atomic E-state index is 0.252. The molecule has 2 heterocycles. The summed E-state index contributed by atoms with van der Waals surface area (Å²) in [4.78, 5) is 0. The molecule has 2 aromatic carbocycles. The molecule has 1 aliphatic heterocycles. The van der Waals surface area contributed by atoms with Crippen LogP contribution in [0.25, 0.3) is 22.1 Å². The van der Waals surface area contributed by atoms with E-state index in [1.54, 1.807) is 0 Å². The molecule has 0 unspecified atom stereocenters. The number of nitrogens with one attached hydrogen (secondary N) is 1. The first-order valence-corrected chi connectivity index (χ1v) is 9.36.